The molecule has 1 N–H and O–H groups in total. The van der Waals surface area contributed by atoms with E-state index in [2.05, 4.69) is 26.2 Å². The number of methoxy groups -OCH3 is 1. The molecule has 1 aromatic heterocycles. The maximum Gasteiger partial charge on any atom is 0.144 e. The predicted octanol–water partition coefficient (Wildman–Crippen LogP) is 4.56. The molecule has 1 heterocycles. The molecule has 0 aliphatic heterocycles. The standard InChI is InChI=1S/C13H12BrClN2O/c1-8-5-10(14)13(16-7-8)17-9-3-4-12(18-2)11(15)6-9/h3-7H,1-2H3,(H,16,17). The first kappa shape index (κ1) is 13.2. The summed E-state index contributed by atoms with van der Waals surface area (Å²) >= 11 is 9.53. The second kappa shape index (κ2) is 5.59. The van der Waals surface area contributed by atoms with Crippen molar-refractivity contribution in [3.63, 3.8) is 0 Å². The maximum atomic E-state index is 6.06. The third kappa shape index (κ3) is 2.94. The molecule has 0 saturated carbocycles. The van der Waals surface area contributed by atoms with E-state index in [1.807, 2.05) is 25.1 Å². The molecular formula is C13H12BrClN2O. The fourth-order valence-corrected chi connectivity index (χ4v) is 2.33. The molecule has 1 aromatic carbocycles. The van der Waals surface area contributed by atoms with Crippen LogP contribution in [0.15, 0.2) is 34.9 Å². The van der Waals surface area contributed by atoms with E-state index >= 15 is 0 Å². The Bertz CT molecular complexity index is 575. The lowest BCUT2D eigenvalue weighted by molar-refractivity contribution is 0.415. The minimum atomic E-state index is 0.561. The number of aromatic nitrogens is 1. The first-order valence-corrected chi connectivity index (χ1v) is 6.50. The van der Waals surface area contributed by atoms with Gasteiger partial charge >= 0.3 is 0 Å². The highest BCUT2D eigenvalue weighted by molar-refractivity contribution is 9.10. The highest BCUT2D eigenvalue weighted by atomic mass is 79.9. The van der Waals surface area contributed by atoms with Crippen LogP contribution in [0.3, 0.4) is 0 Å². The molecule has 0 saturated heterocycles. The molecule has 94 valence electrons. The van der Waals surface area contributed by atoms with Crippen LogP contribution < -0.4 is 10.1 Å². The summed E-state index contributed by atoms with van der Waals surface area (Å²) in [5.74, 6) is 1.40. The number of anilines is 2. The molecule has 0 spiro atoms. The van der Waals surface area contributed by atoms with E-state index in [1.54, 1.807) is 19.4 Å². The van der Waals surface area contributed by atoms with Crippen molar-refractivity contribution in [1.82, 2.24) is 4.98 Å². The zero-order valence-corrected chi connectivity index (χ0v) is 12.3. The maximum absolute atomic E-state index is 6.06. The molecule has 2 aromatic rings. The van der Waals surface area contributed by atoms with Gasteiger partial charge in [-0.05, 0) is 52.7 Å². The van der Waals surface area contributed by atoms with Crippen molar-refractivity contribution in [2.24, 2.45) is 0 Å². The summed E-state index contributed by atoms with van der Waals surface area (Å²) in [6, 6.07) is 7.50. The quantitative estimate of drug-likeness (QED) is 0.897. The van der Waals surface area contributed by atoms with Gasteiger partial charge < -0.3 is 10.1 Å². The molecule has 5 heteroatoms. The van der Waals surface area contributed by atoms with Crippen molar-refractivity contribution >= 4 is 39.0 Å². The first-order valence-electron chi connectivity index (χ1n) is 5.33. The van der Waals surface area contributed by atoms with Gasteiger partial charge in [-0.1, -0.05) is 11.6 Å². The number of ether oxygens (including phenoxy) is 1. The molecule has 0 amide bonds. The van der Waals surface area contributed by atoms with Crippen molar-refractivity contribution in [3.8, 4) is 5.75 Å². The smallest absolute Gasteiger partial charge is 0.144 e. The SMILES string of the molecule is COc1ccc(Nc2ncc(C)cc2Br)cc1Cl. The van der Waals surface area contributed by atoms with Crippen LogP contribution in [-0.2, 0) is 0 Å². The van der Waals surface area contributed by atoms with Gasteiger partial charge in [0.2, 0.25) is 0 Å². The zero-order valence-electron chi connectivity index (χ0n) is 10.00. The van der Waals surface area contributed by atoms with Crippen molar-refractivity contribution in [2.75, 3.05) is 12.4 Å². The van der Waals surface area contributed by atoms with Crippen LogP contribution in [-0.4, -0.2) is 12.1 Å². The highest BCUT2D eigenvalue weighted by Crippen LogP contribution is 2.30. The van der Waals surface area contributed by atoms with Crippen LogP contribution in [0, 0.1) is 6.92 Å². The summed E-state index contributed by atoms with van der Waals surface area (Å²) in [7, 11) is 1.59. The molecular weight excluding hydrogens is 316 g/mol. The van der Waals surface area contributed by atoms with Gasteiger partial charge in [0.05, 0.1) is 16.6 Å². The number of benzene rings is 1. The third-order valence-corrected chi connectivity index (χ3v) is 3.29. The minimum Gasteiger partial charge on any atom is -0.495 e. The molecule has 0 radical (unpaired) electrons. The highest BCUT2D eigenvalue weighted by Gasteiger charge is 2.05. The van der Waals surface area contributed by atoms with Gasteiger partial charge in [0, 0.05) is 11.9 Å². The Morgan fingerprint density at radius 1 is 1.33 bits per heavy atom. The van der Waals surface area contributed by atoms with E-state index < -0.39 is 0 Å². The second-order valence-electron chi connectivity index (χ2n) is 3.82. The Kier molecular flexibility index (Phi) is 4.09. The average Bonchev–Trinajstić information content (AvgIpc) is 2.33. The molecule has 0 aliphatic carbocycles. The average molecular weight is 328 g/mol. The normalized spacial score (nSPS) is 10.2. The van der Waals surface area contributed by atoms with Crippen molar-refractivity contribution in [2.45, 2.75) is 6.92 Å². The number of aryl methyl sites for hydroxylation is 1. The Morgan fingerprint density at radius 2 is 2.11 bits per heavy atom. The number of hydrogen-bond donors (Lipinski definition) is 1. The number of hydrogen-bond acceptors (Lipinski definition) is 3. The summed E-state index contributed by atoms with van der Waals surface area (Å²) in [4.78, 5) is 4.31. The molecule has 0 bridgehead atoms. The molecule has 18 heavy (non-hydrogen) atoms. The predicted molar refractivity (Wildman–Crippen MR) is 78.0 cm³/mol. The van der Waals surface area contributed by atoms with Gasteiger partial charge in [-0.2, -0.15) is 0 Å². The van der Waals surface area contributed by atoms with Crippen molar-refractivity contribution in [3.05, 3.63) is 45.5 Å². The zero-order chi connectivity index (χ0) is 13.1. The van der Waals surface area contributed by atoms with Crippen LogP contribution >= 0.6 is 27.5 Å². The van der Waals surface area contributed by atoms with Crippen LogP contribution in [0.2, 0.25) is 5.02 Å². The van der Waals surface area contributed by atoms with Crippen molar-refractivity contribution < 1.29 is 4.74 Å². The Labute approximate surface area is 119 Å². The van der Waals surface area contributed by atoms with E-state index in [0.717, 1.165) is 21.5 Å². The lowest BCUT2D eigenvalue weighted by Crippen LogP contribution is -1.95. The lowest BCUT2D eigenvalue weighted by atomic mass is 10.3. The van der Waals surface area contributed by atoms with Crippen LogP contribution in [0.5, 0.6) is 5.75 Å². The Morgan fingerprint density at radius 3 is 2.72 bits per heavy atom. The van der Waals surface area contributed by atoms with Gasteiger partial charge in [-0.25, -0.2) is 4.98 Å². The van der Waals surface area contributed by atoms with E-state index in [0.29, 0.717) is 10.8 Å². The van der Waals surface area contributed by atoms with E-state index in [1.165, 1.54) is 0 Å². The van der Waals surface area contributed by atoms with Gasteiger partial charge in [0.1, 0.15) is 11.6 Å². The molecule has 0 aliphatic rings. The second-order valence-corrected chi connectivity index (χ2v) is 5.08. The number of halogens is 2. The number of rotatable bonds is 3. The Hall–Kier alpha value is -1.26. The van der Waals surface area contributed by atoms with Gasteiger partial charge in [-0.15, -0.1) is 0 Å². The topological polar surface area (TPSA) is 34.1 Å². The Balaban J connectivity index is 2.26. The fraction of sp³-hybridized carbons (Fsp3) is 0.154. The molecule has 3 nitrogen and oxygen atoms in total. The largest absolute Gasteiger partial charge is 0.495 e. The number of nitrogens with one attached hydrogen (secondary N) is 1. The summed E-state index contributed by atoms with van der Waals surface area (Å²) < 4.78 is 6.02. The number of nitrogens with zero attached hydrogens (tertiary/aromatic N) is 1. The molecule has 0 unspecified atom stereocenters. The monoisotopic (exact) mass is 326 g/mol. The summed E-state index contributed by atoms with van der Waals surface area (Å²) in [6.45, 7) is 1.99. The summed E-state index contributed by atoms with van der Waals surface area (Å²) in [6.07, 6.45) is 1.80. The molecule has 0 atom stereocenters. The summed E-state index contributed by atoms with van der Waals surface area (Å²) in [5.41, 5.74) is 1.96. The molecule has 0 fully saturated rings. The third-order valence-electron chi connectivity index (χ3n) is 2.39. The minimum absolute atomic E-state index is 0.561. The fourth-order valence-electron chi connectivity index (χ4n) is 1.51. The van der Waals surface area contributed by atoms with Gasteiger partial charge in [0.15, 0.2) is 0 Å². The van der Waals surface area contributed by atoms with E-state index in [-0.39, 0.29) is 0 Å². The van der Waals surface area contributed by atoms with E-state index in [9.17, 15) is 0 Å². The van der Waals surface area contributed by atoms with Gasteiger partial charge in [0.25, 0.3) is 0 Å². The lowest BCUT2D eigenvalue weighted by Gasteiger charge is -2.10. The van der Waals surface area contributed by atoms with Crippen LogP contribution in [0.25, 0.3) is 0 Å². The van der Waals surface area contributed by atoms with Crippen molar-refractivity contribution in [1.29, 1.82) is 0 Å². The van der Waals surface area contributed by atoms with Crippen LogP contribution in [0.4, 0.5) is 11.5 Å². The van der Waals surface area contributed by atoms with Gasteiger partial charge in [-0.3, -0.25) is 0 Å². The summed E-state index contributed by atoms with van der Waals surface area (Å²) in [5, 5.41) is 3.75. The molecule has 2 rings (SSSR count). The van der Waals surface area contributed by atoms with Crippen LogP contribution in [0.1, 0.15) is 5.56 Å². The number of pyridine rings is 1. The van der Waals surface area contributed by atoms with E-state index in [4.69, 9.17) is 16.3 Å². The first-order chi connectivity index (χ1) is 8.60.